The van der Waals surface area contributed by atoms with Crippen LogP contribution in [0.15, 0.2) is 16.6 Å². The number of aromatic nitrogens is 1. The zero-order valence-corrected chi connectivity index (χ0v) is 17.0. The van der Waals surface area contributed by atoms with Crippen molar-refractivity contribution in [3.63, 3.8) is 0 Å². The van der Waals surface area contributed by atoms with Crippen LogP contribution >= 0.6 is 35.3 Å². The van der Waals surface area contributed by atoms with Crippen molar-refractivity contribution in [1.29, 1.82) is 0 Å². The molecule has 0 unspecified atom stereocenters. The molecule has 1 fully saturated rings. The van der Waals surface area contributed by atoms with Crippen molar-refractivity contribution in [2.75, 3.05) is 20.1 Å². The van der Waals surface area contributed by atoms with Gasteiger partial charge < -0.3 is 15.0 Å². The first-order valence-electron chi connectivity index (χ1n) is 7.50. The van der Waals surface area contributed by atoms with E-state index in [4.69, 9.17) is 4.74 Å². The maximum absolute atomic E-state index is 6.06. The smallest absolute Gasteiger partial charge is 0.193 e. The number of aliphatic imine (C=N–C) groups is 1. The highest BCUT2D eigenvalue weighted by Crippen LogP contribution is 2.20. The lowest BCUT2D eigenvalue weighted by molar-refractivity contribution is -0.0772. The minimum absolute atomic E-state index is 0. The quantitative estimate of drug-likeness (QED) is 0.448. The largest absolute Gasteiger partial charge is 0.372 e. The number of nitrogens with zero attached hydrogens (tertiary/aromatic N) is 3. The molecule has 1 aromatic rings. The molecule has 126 valence electrons. The van der Waals surface area contributed by atoms with Crippen molar-refractivity contribution >= 4 is 41.3 Å². The molecule has 2 heterocycles. The Balaban J connectivity index is 0.00000242. The third-order valence-electron chi connectivity index (χ3n) is 3.35. The zero-order valence-electron chi connectivity index (χ0n) is 13.8. The van der Waals surface area contributed by atoms with Crippen molar-refractivity contribution in [3.8, 4) is 0 Å². The van der Waals surface area contributed by atoms with Crippen molar-refractivity contribution < 1.29 is 4.74 Å². The Bertz CT molecular complexity index is 451. The summed E-state index contributed by atoms with van der Waals surface area (Å²) in [5.74, 6) is 0.958. The van der Waals surface area contributed by atoms with Crippen molar-refractivity contribution in [1.82, 2.24) is 15.2 Å². The number of ether oxygens (including phenoxy) is 1. The summed E-state index contributed by atoms with van der Waals surface area (Å²) in [5, 5.41) is 6.47. The van der Waals surface area contributed by atoms with Gasteiger partial charge in [0.25, 0.3) is 0 Å². The fourth-order valence-electron chi connectivity index (χ4n) is 2.51. The molecule has 0 aromatic carbocycles. The van der Waals surface area contributed by atoms with E-state index in [9.17, 15) is 0 Å². The van der Waals surface area contributed by atoms with Crippen LogP contribution in [-0.4, -0.2) is 47.7 Å². The topological polar surface area (TPSA) is 49.8 Å². The number of likely N-dealkylation sites (tertiary alicyclic amines) is 1. The third kappa shape index (κ3) is 6.37. The number of halogens is 1. The van der Waals surface area contributed by atoms with Gasteiger partial charge in [-0.05, 0) is 33.6 Å². The molecule has 0 aliphatic carbocycles. The number of piperidine rings is 1. The Hall–Kier alpha value is -0.410. The molecule has 0 saturated carbocycles. The van der Waals surface area contributed by atoms with Gasteiger partial charge in [0.2, 0.25) is 0 Å². The van der Waals surface area contributed by atoms with E-state index in [0.29, 0.717) is 6.10 Å². The van der Waals surface area contributed by atoms with E-state index in [-0.39, 0.29) is 29.6 Å². The molecule has 22 heavy (non-hydrogen) atoms. The molecular formula is C15H27IN4OS. The first kappa shape index (κ1) is 19.6. The maximum atomic E-state index is 6.06. The average molecular weight is 438 g/mol. The van der Waals surface area contributed by atoms with Crippen LogP contribution in [0.2, 0.25) is 0 Å². The summed E-state index contributed by atoms with van der Waals surface area (Å²) in [6.07, 6.45) is 4.29. The minimum atomic E-state index is -0.0579. The molecule has 0 spiro atoms. The number of thiazole rings is 1. The number of rotatable bonds is 3. The summed E-state index contributed by atoms with van der Waals surface area (Å²) in [6.45, 7) is 9.06. The number of hydrogen-bond donors (Lipinski definition) is 1. The molecule has 1 N–H and O–H groups in total. The van der Waals surface area contributed by atoms with Crippen LogP contribution in [-0.2, 0) is 11.3 Å². The van der Waals surface area contributed by atoms with E-state index in [0.717, 1.165) is 43.4 Å². The second-order valence-electron chi connectivity index (χ2n) is 6.24. The summed E-state index contributed by atoms with van der Waals surface area (Å²) >= 11 is 1.66. The van der Waals surface area contributed by atoms with Gasteiger partial charge in [-0.1, -0.05) is 0 Å². The Morgan fingerprint density at radius 1 is 1.45 bits per heavy atom. The van der Waals surface area contributed by atoms with Crippen LogP contribution in [0.4, 0.5) is 0 Å². The Morgan fingerprint density at radius 2 is 2.14 bits per heavy atom. The highest BCUT2D eigenvalue weighted by molar-refractivity contribution is 14.0. The molecule has 0 amide bonds. The monoisotopic (exact) mass is 438 g/mol. The maximum Gasteiger partial charge on any atom is 0.193 e. The third-order valence-corrected chi connectivity index (χ3v) is 4.13. The summed E-state index contributed by atoms with van der Waals surface area (Å²) in [5.41, 5.74) is -0.0579. The SMILES string of the molecule is CN=C(NCc1nccs1)N1CCC(OC(C)(C)C)CC1.I. The number of hydrogen-bond acceptors (Lipinski definition) is 4. The molecule has 7 heteroatoms. The van der Waals surface area contributed by atoms with Crippen molar-refractivity contribution in [2.24, 2.45) is 4.99 Å². The van der Waals surface area contributed by atoms with Crippen LogP contribution in [0.25, 0.3) is 0 Å². The van der Waals surface area contributed by atoms with E-state index >= 15 is 0 Å². The van der Waals surface area contributed by atoms with Gasteiger partial charge in [0.15, 0.2) is 5.96 Å². The molecule has 1 aliphatic heterocycles. The average Bonchev–Trinajstić information content (AvgIpc) is 2.92. The van der Waals surface area contributed by atoms with Crippen LogP contribution in [0.3, 0.4) is 0 Å². The van der Waals surface area contributed by atoms with Crippen LogP contribution in [0.5, 0.6) is 0 Å². The Labute approximate surface area is 154 Å². The lowest BCUT2D eigenvalue weighted by Gasteiger charge is -2.36. The fraction of sp³-hybridized carbons (Fsp3) is 0.733. The van der Waals surface area contributed by atoms with Crippen LogP contribution in [0, 0.1) is 0 Å². The first-order valence-corrected chi connectivity index (χ1v) is 8.37. The zero-order chi connectivity index (χ0) is 15.3. The van der Waals surface area contributed by atoms with E-state index in [1.807, 2.05) is 18.6 Å². The van der Waals surface area contributed by atoms with Gasteiger partial charge in [0.05, 0.1) is 18.2 Å². The predicted molar refractivity (Wildman–Crippen MR) is 103 cm³/mol. The van der Waals surface area contributed by atoms with Gasteiger partial charge in [-0.15, -0.1) is 35.3 Å². The Kier molecular flexibility index (Phi) is 8.06. The van der Waals surface area contributed by atoms with Crippen LogP contribution < -0.4 is 5.32 Å². The molecule has 0 atom stereocenters. The lowest BCUT2D eigenvalue weighted by Crippen LogP contribution is -2.47. The molecule has 5 nitrogen and oxygen atoms in total. The molecule has 1 aliphatic rings. The van der Waals surface area contributed by atoms with Crippen LogP contribution in [0.1, 0.15) is 38.6 Å². The van der Waals surface area contributed by atoms with Crippen molar-refractivity contribution in [3.05, 3.63) is 16.6 Å². The highest BCUT2D eigenvalue weighted by Gasteiger charge is 2.25. The predicted octanol–water partition coefficient (Wildman–Crippen LogP) is 3.12. The summed E-state index contributed by atoms with van der Waals surface area (Å²) in [7, 11) is 1.84. The van der Waals surface area contributed by atoms with Gasteiger partial charge in [-0.3, -0.25) is 4.99 Å². The summed E-state index contributed by atoms with van der Waals surface area (Å²) < 4.78 is 6.06. The first-order chi connectivity index (χ1) is 9.98. The van der Waals surface area contributed by atoms with Gasteiger partial charge in [0.1, 0.15) is 5.01 Å². The lowest BCUT2D eigenvalue weighted by atomic mass is 10.1. The molecule has 1 aromatic heterocycles. The Morgan fingerprint density at radius 3 is 2.64 bits per heavy atom. The number of nitrogens with one attached hydrogen (secondary N) is 1. The van der Waals surface area contributed by atoms with E-state index < -0.39 is 0 Å². The standard InChI is InChI=1S/C15H26N4OS.HI/c1-15(2,3)20-12-5-8-19(9-6-12)14(16-4)18-11-13-17-7-10-21-13;/h7,10,12H,5-6,8-9,11H2,1-4H3,(H,16,18);1H. The second-order valence-corrected chi connectivity index (χ2v) is 7.22. The summed E-state index contributed by atoms with van der Waals surface area (Å²) in [4.78, 5) is 11.0. The van der Waals surface area contributed by atoms with E-state index in [1.54, 1.807) is 11.3 Å². The molecule has 1 saturated heterocycles. The molecule has 0 radical (unpaired) electrons. The van der Waals surface area contributed by atoms with Gasteiger partial charge in [-0.25, -0.2) is 4.98 Å². The van der Waals surface area contributed by atoms with E-state index in [2.05, 4.69) is 41.0 Å². The van der Waals surface area contributed by atoms with Gasteiger partial charge >= 0.3 is 0 Å². The molecule has 0 bridgehead atoms. The van der Waals surface area contributed by atoms with Gasteiger partial charge in [-0.2, -0.15) is 0 Å². The van der Waals surface area contributed by atoms with E-state index in [1.165, 1.54) is 0 Å². The highest BCUT2D eigenvalue weighted by atomic mass is 127. The fourth-order valence-corrected chi connectivity index (χ4v) is 3.07. The summed E-state index contributed by atoms with van der Waals surface area (Å²) in [6, 6.07) is 0. The van der Waals surface area contributed by atoms with Gasteiger partial charge in [0, 0.05) is 31.7 Å². The second kappa shape index (κ2) is 9.02. The van der Waals surface area contributed by atoms with Crippen molar-refractivity contribution in [2.45, 2.75) is 51.9 Å². The minimum Gasteiger partial charge on any atom is -0.372 e. The molecular weight excluding hydrogens is 411 g/mol. The number of guanidine groups is 1. The normalized spacial score (nSPS) is 17.3. The molecule has 2 rings (SSSR count).